The van der Waals surface area contributed by atoms with E-state index >= 15 is 0 Å². The molecule has 0 fully saturated rings. The summed E-state index contributed by atoms with van der Waals surface area (Å²) in [7, 11) is 0. The van der Waals surface area contributed by atoms with Crippen molar-refractivity contribution < 1.29 is 19.8 Å². The maximum absolute atomic E-state index is 12.1. The Bertz CT molecular complexity index is 863. The van der Waals surface area contributed by atoms with Gasteiger partial charge in [-0.25, -0.2) is 4.79 Å². The smallest absolute Gasteiger partial charge is 0.377 e. The van der Waals surface area contributed by atoms with Gasteiger partial charge in [-0.1, -0.05) is 12.1 Å². The number of ketones is 1. The summed E-state index contributed by atoms with van der Waals surface area (Å²) >= 11 is 0. The van der Waals surface area contributed by atoms with E-state index in [1.54, 1.807) is 36.5 Å². The maximum atomic E-state index is 12.1. The van der Waals surface area contributed by atoms with Crippen LogP contribution in [-0.4, -0.2) is 43.7 Å². The van der Waals surface area contributed by atoms with Gasteiger partial charge in [0.05, 0.1) is 23.0 Å². The molecule has 3 heterocycles. The number of carboxylic acids is 1. The lowest BCUT2D eigenvalue weighted by Crippen LogP contribution is -2.32. The van der Waals surface area contributed by atoms with Crippen molar-refractivity contribution in [2.45, 2.75) is 12.5 Å². The summed E-state index contributed by atoms with van der Waals surface area (Å²) in [6.07, 6.45) is 3.25. The summed E-state index contributed by atoms with van der Waals surface area (Å²) in [6.45, 7) is 0. The molecule has 1 unspecified atom stereocenters. The number of aromatic nitrogens is 2. The van der Waals surface area contributed by atoms with Crippen LogP contribution in [0.1, 0.15) is 17.8 Å². The number of carboxylic acid groups (broad SMARTS) is 1. The Morgan fingerprint density at radius 3 is 2.36 bits per heavy atom. The Morgan fingerprint density at radius 1 is 1.04 bits per heavy atom. The van der Waals surface area contributed by atoms with Crippen LogP contribution in [0.25, 0.3) is 5.76 Å². The molecular weight excluding hydrogens is 324 g/mol. The van der Waals surface area contributed by atoms with Crippen molar-refractivity contribution in [3.05, 3.63) is 65.8 Å². The zero-order chi connectivity index (χ0) is 17.8. The summed E-state index contributed by atoms with van der Waals surface area (Å²) < 4.78 is 0. The molecule has 0 spiro atoms. The number of carbonyl (C=O) groups excluding carboxylic acids is 1. The zero-order valence-corrected chi connectivity index (χ0v) is 13.0. The van der Waals surface area contributed by atoms with Gasteiger partial charge >= 0.3 is 5.97 Å². The van der Waals surface area contributed by atoms with Crippen molar-refractivity contribution in [2.24, 2.45) is 5.10 Å². The molecule has 2 aromatic heterocycles. The second-order valence-corrected chi connectivity index (χ2v) is 5.27. The molecule has 0 amide bonds. The van der Waals surface area contributed by atoms with Gasteiger partial charge in [0.2, 0.25) is 0 Å². The van der Waals surface area contributed by atoms with Gasteiger partial charge in [-0.15, -0.1) is 0 Å². The van der Waals surface area contributed by atoms with E-state index < -0.39 is 23.6 Å². The van der Waals surface area contributed by atoms with Crippen molar-refractivity contribution in [2.75, 3.05) is 0 Å². The first-order chi connectivity index (χ1) is 12.1. The Labute approximate surface area is 142 Å². The van der Waals surface area contributed by atoms with Crippen LogP contribution in [0.2, 0.25) is 0 Å². The number of aliphatic hydroxyl groups excluding tert-OH is 1. The quantitative estimate of drug-likeness (QED) is 0.424. The number of hydrogen-bond donors (Lipinski definition) is 3. The van der Waals surface area contributed by atoms with Gasteiger partial charge in [-0.3, -0.25) is 14.8 Å². The van der Waals surface area contributed by atoms with Crippen molar-refractivity contribution >= 4 is 23.2 Å². The van der Waals surface area contributed by atoms with Crippen LogP contribution in [0.15, 0.2) is 59.5 Å². The highest BCUT2D eigenvalue weighted by atomic mass is 16.4. The fourth-order valence-corrected chi connectivity index (χ4v) is 2.49. The van der Waals surface area contributed by atoms with Crippen LogP contribution in [0.4, 0.5) is 0 Å². The summed E-state index contributed by atoms with van der Waals surface area (Å²) in [4.78, 5) is 31.5. The Hall–Kier alpha value is -3.55. The first-order valence-electron chi connectivity index (χ1n) is 7.43. The number of hydrogen-bond acceptors (Lipinski definition) is 7. The second-order valence-electron chi connectivity index (χ2n) is 5.27. The van der Waals surface area contributed by atoms with E-state index in [1.165, 1.54) is 12.3 Å². The van der Waals surface area contributed by atoms with Gasteiger partial charge < -0.3 is 15.6 Å². The van der Waals surface area contributed by atoms with E-state index in [1.807, 2.05) is 0 Å². The van der Waals surface area contributed by atoms with E-state index in [-0.39, 0.29) is 17.7 Å². The Balaban J connectivity index is 1.95. The standard InChI is InChI=1S/C17H14N4O4/c22-15(11-6-2-4-8-19-11)14(16(23)17(24)25)13-9-12(20-21-13)10-5-1-3-7-18-10/h1-8,13,21-22H,9H2,(H,24,25). The molecule has 0 saturated carbocycles. The third-order valence-corrected chi connectivity index (χ3v) is 3.66. The number of nitrogens with one attached hydrogen (secondary N) is 1. The van der Waals surface area contributed by atoms with Gasteiger partial charge in [0.25, 0.3) is 5.78 Å². The molecule has 1 atom stereocenters. The Kier molecular flexibility index (Phi) is 4.51. The minimum atomic E-state index is -1.66. The number of aliphatic hydroxyl groups is 1. The average molecular weight is 338 g/mol. The van der Waals surface area contributed by atoms with Crippen LogP contribution in [0.3, 0.4) is 0 Å². The fraction of sp³-hybridized carbons (Fsp3) is 0.118. The van der Waals surface area contributed by atoms with Crippen LogP contribution < -0.4 is 5.43 Å². The van der Waals surface area contributed by atoms with Gasteiger partial charge in [0.1, 0.15) is 5.69 Å². The topological polar surface area (TPSA) is 125 Å². The van der Waals surface area contributed by atoms with E-state index in [0.29, 0.717) is 11.4 Å². The van der Waals surface area contributed by atoms with E-state index in [0.717, 1.165) is 0 Å². The normalized spacial score (nSPS) is 17.3. The largest absolute Gasteiger partial charge is 0.505 e. The Morgan fingerprint density at radius 2 is 1.76 bits per heavy atom. The second kappa shape index (κ2) is 6.91. The first kappa shape index (κ1) is 16.3. The number of nitrogens with zero attached hydrogens (tertiary/aromatic N) is 3. The highest BCUT2D eigenvalue weighted by molar-refractivity contribution is 6.41. The first-order valence-corrected chi connectivity index (χ1v) is 7.43. The molecule has 3 N–H and O–H groups in total. The minimum absolute atomic E-state index is 0.111. The number of pyridine rings is 2. The van der Waals surface area contributed by atoms with Crippen molar-refractivity contribution in [3.8, 4) is 0 Å². The summed E-state index contributed by atoms with van der Waals surface area (Å²) in [5, 5.41) is 23.7. The number of carbonyl (C=O) groups is 2. The van der Waals surface area contributed by atoms with Crippen molar-refractivity contribution in [1.29, 1.82) is 0 Å². The maximum Gasteiger partial charge on any atom is 0.377 e. The summed E-state index contributed by atoms with van der Waals surface area (Å²) in [6, 6.07) is 9.27. The SMILES string of the molecule is O=C(O)C(=O)C(=C(O)c1ccccn1)C1CC(c2ccccn2)=NN1. The van der Waals surface area contributed by atoms with Crippen LogP contribution in [-0.2, 0) is 9.59 Å². The minimum Gasteiger partial charge on any atom is -0.505 e. The molecular formula is C17H14N4O4. The third-order valence-electron chi connectivity index (χ3n) is 3.66. The number of hydrazone groups is 1. The molecule has 126 valence electrons. The summed E-state index contributed by atoms with van der Waals surface area (Å²) in [5.74, 6) is -3.35. The van der Waals surface area contributed by atoms with E-state index in [9.17, 15) is 14.7 Å². The predicted molar refractivity (Wildman–Crippen MR) is 88.7 cm³/mol. The molecule has 0 bridgehead atoms. The highest BCUT2D eigenvalue weighted by Crippen LogP contribution is 2.23. The van der Waals surface area contributed by atoms with Gasteiger partial charge in [0.15, 0.2) is 5.76 Å². The van der Waals surface area contributed by atoms with Crippen molar-refractivity contribution in [3.63, 3.8) is 0 Å². The lowest BCUT2D eigenvalue weighted by Gasteiger charge is -2.14. The number of rotatable bonds is 5. The molecule has 0 radical (unpaired) electrons. The lowest BCUT2D eigenvalue weighted by atomic mass is 9.95. The van der Waals surface area contributed by atoms with E-state index in [4.69, 9.17) is 5.11 Å². The molecule has 0 saturated heterocycles. The van der Waals surface area contributed by atoms with E-state index in [2.05, 4.69) is 20.5 Å². The van der Waals surface area contributed by atoms with Crippen molar-refractivity contribution in [1.82, 2.24) is 15.4 Å². The van der Waals surface area contributed by atoms with Crippen LogP contribution in [0.5, 0.6) is 0 Å². The number of Topliss-reactive ketones (excluding diaryl/α,β-unsaturated/α-hetero) is 1. The average Bonchev–Trinajstić information content (AvgIpc) is 3.13. The van der Waals surface area contributed by atoms with Crippen LogP contribution in [0, 0.1) is 0 Å². The molecule has 1 aliphatic rings. The molecule has 8 nitrogen and oxygen atoms in total. The molecule has 2 aromatic rings. The molecule has 25 heavy (non-hydrogen) atoms. The molecule has 0 aromatic carbocycles. The molecule has 3 rings (SSSR count). The molecule has 1 aliphatic heterocycles. The molecule has 8 heteroatoms. The van der Waals surface area contributed by atoms with Gasteiger partial charge in [-0.2, -0.15) is 5.10 Å². The monoisotopic (exact) mass is 338 g/mol. The van der Waals surface area contributed by atoms with Crippen LogP contribution >= 0.6 is 0 Å². The zero-order valence-electron chi connectivity index (χ0n) is 13.0. The predicted octanol–water partition coefficient (Wildman–Crippen LogP) is 1.17. The summed E-state index contributed by atoms with van der Waals surface area (Å²) in [5.41, 5.74) is 3.70. The fourth-order valence-electron chi connectivity index (χ4n) is 2.49. The lowest BCUT2D eigenvalue weighted by molar-refractivity contribution is -0.147. The molecule has 0 aliphatic carbocycles. The highest BCUT2D eigenvalue weighted by Gasteiger charge is 2.34. The third kappa shape index (κ3) is 3.37. The number of aliphatic carboxylic acids is 1. The van der Waals surface area contributed by atoms with Gasteiger partial charge in [0, 0.05) is 18.8 Å². The van der Waals surface area contributed by atoms with Gasteiger partial charge in [-0.05, 0) is 24.3 Å².